The number of aromatic carboxylic acids is 1. The number of amides is 1. The van der Waals surface area contributed by atoms with Crippen molar-refractivity contribution in [1.29, 1.82) is 0 Å². The number of rotatable bonds is 8. The lowest BCUT2D eigenvalue weighted by Crippen LogP contribution is -2.48. The molecule has 0 bridgehead atoms. The van der Waals surface area contributed by atoms with Gasteiger partial charge in [-0.3, -0.25) is 9.69 Å². The second-order valence-electron chi connectivity index (χ2n) is 10.2. The zero-order valence-electron chi connectivity index (χ0n) is 22.3. The van der Waals surface area contributed by atoms with Crippen LogP contribution in [0.2, 0.25) is 0 Å². The molecule has 0 radical (unpaired) electrons. The number of para-hydroxylation sites is 1. The number of fused-ring (bicyclic) bond motifs is 1. The Morgan fingerprint density at radius 1 is 1.05 bits per heavy atom. The number of benzene rings is 2. The van der Waals surface area contributed by atoms with Crippen LogP contribution in [0, 0.1) is 0 Å². The molecule has 4 heterocycles. The minimum Gasteiger partial charge on any atom is -0.478 e. The smallest absolute Gasteiger partial charge is 0.335 e. The van der Waals surface area contributed by atoms with Gasteiger partial charge in [-0.05, 0) is 36.8 Å². The lowest BCUT2D eigenvalue weighted by Gasteiger charge is -2.34. The van der Waals surface area contributed by atoms with Gasteiger partial charge in [-0.15, -0.1) is 0 Å². The summed E-state index contributed by atoms with van der Waals surface area (Å²) in [6, 6.07) is 16.6. The predicted molar refractivity (Wildman–Crippen MR) is 149 cm³/mol. The molecule has 2 aliphatic heterocycles. The number of hydrogen-bond acceptors (Lipinski definition) is 8. The van der Waals surface area contributed by atoms with E-state index in [0.29, 0.717) is 50.8 Å². The van der Waals surface area contributed by atoms with Crippen molar-refractivity contribution in [3.63, 3.8) is 0 Å². The number of carbonyl (C=O) groups excluding carboxylic acids is 1. The van der Waals surface area contributed by atoms with Gasteiger partial charge >= 0.3 is 5.97 Å². The van der Waals surface area contributed by atoms with Crippen LogP contribution in [-0.4, -0.2) is 92.2 Å². The Hall–Kier alpha value is -4.35. The quantitative estimate of drug-likeness (QED) is 0.359. The first-order valence-corrected chi connectivity index (χ1v) is 13.4. The summed E-state index contributed by atoms with van der Waals surface area (Å²) >= 11 is 0. The van der Waals surface area contributed by atoms with Crippen molar-refractivity contribution < 1.29 is 19.4 Å². The minimum absolute atomic E-state index is 0.109. The first-order valence-electron chi connectivity index (χ1n) is 13.4. The van der Waals surface area contributed by atoms with Crippen molar-refractivity contribution >= 4 is 34.4 Å². The number of ether oxygens (including phenoxy) is 1. The monoisotopic (exact) mass is 541 g/mol. The van der Waals surface area contributed by atoms with Crippen molar-refractivity contribution in [2.75, 3.05) is 44.7 Å². The number of hydrogen-bond donors (Lipinski definition) is 1. The van der Waals surface area contributed by atoms with E-state index in [1.165, 1.54) is 6.33 Å². The number of carboxylic acids is 1. The molecule has 0 unspecified atom stereocenters. The van der Waals surface area contributed by atoms with Crippen LogP contribution in [-0.2, 0) is 17.8 Å². The number of carbonyl (C=O) groups is 2. The number of nitrogens with zero attached hydrogens (tertiary/aromatic N) is 7. The van der Waals surface area contributed by atoms with Gasteiger partial charge in [-0.2, -0.15) is 0 Å². The summed E-state index contributed by atoms with van der Waals surface area (Å²) in [6.07, 6.45) is 2.52. The molecule has 2 saturated heterocycles. The summed E-state index contributed by atoms with van der Waals surface area (Å²) in [5, 5.41) is 9.48. The Balaban J connectivity index is 1.13. The maximum absolute atomic E-state index is 13.3. The van der Waals surface area contributed by atoms with Crippen LogP contribution in [0.1, 0.15) is 33.1 Å². The summed E-state index contributed by atoms with van der Waals surface area (Å²) in [4.78, 5) is 44.4. The highest BCUT2D eigenvalue weighted by molar-refractivity contribution is 5.93. The zero-order valence-corrected chi connectivity index (χ0v) is 22.3. The first-order chi connectivity index (χ1) is 19.5. The van der Waals surface area contributed by atoms with Gasteiger partial charge in [0.05, 0.1) is 35.8 Å². The lowest BCUT2D eigenvalue weighted by molar-refractivity contribution is -0.0592. The van der Waals surface area contributed by atoms with Crippen LogP contribution in [0.5, 0.6) is 0 Å². The molecule has 2 aromatic carbocycles. The van der Waals surface area contributed by atoms with E-state index in [1.807, 2.05) is 47.2 Å². The molecule has 2 fully saturated rings. The summed E-state index contributed by atoms with van der Waals surface area (Å²) in [5.41, 5.74) is 3.16. The Morgan fingerprint density at radius 3 is 2.52 bits per heavy atom. The number of carboxylic acid groups (broad SMARTS) is 1. The molecule has 6 rings (SSSR count). The van der Waals surface area contributed by atoms with E-state index in [9.17, 15) is 14.7 Å². The van der Waals surface area contributed by atoms with E-state index in [4.69, 9.17) is 9.72 Å². The topological polar surface area (TPSA) is 117 Å². The van der Waals surface area contributed by atoms with E-state index >= 15 is 0 Å². The maximum atomic E-state index is 13.3. The fourth-order valence-electron chi connectivity index (χ4n) is 5.16. The molecular formula is C29H31N7O4. The molecule has 11 nitrogen and oxygen atoms in total. The SMILES string of the molecule is CN(c1ccccc1)c1cc(C(=O)N2CCN(Cc3nc4ccc(C(=O)O)cc4n3C[C@@H]3CCO3)CC2)ncn1. The van der Waals surface area contributed by atoms with Crippen molar-refractivity contribution in [2.45, 2.75) is 25.6 Å². The Labute approximate surface area is 231 Å². The first kappa shape index (κ1) is 25.9. The fourth-order valence-corrected chi connectivity index (χ4v) is 5.16. The number of aromatic nitrogens is 4. The van der Waals surface area contributed by atoms with Gasteiger partial charge in [0.2, 0.25) is 0 Å². The molecule has 11 heteroatoms. The zero-order chi connectivity index (χ0) is 27.6. The molecule has 0 saturated carbocycles. The molecule has 0 spiro atoms. The van der Waals surface area contributed by atoms with Crippen LogP contribution in [0.15, 0.2) is 60.9 Å². The maximum Gasteiger partial charge on any atom is 0.335 e. The standard InChI is InChI=1S/C29H31N7O4/c1-33(21-5-3-2-4-6-21)26-16-24(30-19-31-26)28(37)35-12-10-34(11-13-35)18-27-32-23-8-7-20(29(38)39)15-25(23)36(27)17-22-9-14-40-22/h2-8,15-16,19,22H,9-14,17-18H2,1H3,(H,38,39)/t22-/m0/s1. The second kappa shape index (κ2) is 11.0. The van der Waals surface area contributed by atoms with Gasteiger partial charge in [0.25, 0.3) is 5.91 Å². The molecule has 0 aliphatic carbocycles. The van der Waals surface area contributed by atoms with E-state index in [0.717, 1.165) is 35.6 Å². The molecule has 2 aliphatic rings. The molecular weight excluding hydrogens is 510 g/mol. The van der Waals surface area contributed by atoms with Crippen LogP contribution < -0.4 is 4.90 Å². The summed E-state index contributed by atoms with van der Waals surface area (Å²) in [5.74, 6) is 0.459. The van der Waals surface area contributed by atoms with Crippen molar-refractivity contribution in [1.82, 2.24) is 29.3 Å². The lowest BCUT2D eigenvalue weighted by atomic mass is 10.1. The van der Waals surface area contributed by atoms with Gasteiger partial charge in [-0.1, -0.05) is 18.2 Å². The third-order valence-corrected chi connectivity index (χ3v) is 7.64. The highest BCUT2D eigenvalue weighted by atomic mass is 16.5. The van der Waals surface area contributed by atoms with E-state index < -0.39 is 5.97 Å². The average molecular weight is 542 g/mol. The van der Waals surface area contributed by atoms with Gasteiger partial charge in [0.1, 0.15) is 23.7 Å². The predicted octanol–water partition coefficient (Wildman–Crippen LogP) is 3.04. The van der Waals surface area contributed by atoms with Crippen LogP contribution >= 0.6 is 0 Å². The summed E-state index contributed by atoms with van der Waals surface area (Å²) < 4.78 is 7.76. The van der Waals surface area contributed by atoms with Crippen molar-refractivity contribution in [3.05, 3.63) is 78.0 Å². The van der Waals surface area contributed by atoms with Gasteiger partial charge in [-0.25, -0.2) is 19.7 Å². The van der Waals surface area contributed by atoms with Crippen molar-refractivity contribution in [3.8, 4) is 0 Å². The van der Waals surface area contributed by atoms with E-state index in [2.05, 4.69) is 19.4 Å². The van der Waals surface area contributed by atoms with E-state index in [-0.39, 0.29) is 17.6 Å². The average Bonchev–Trinajstić information content (AvgIpc) is 3.30. The number of anilines is 2. The molecule has 1 N–H and O–H groups in total. The van der Waals surface area contributed by atoms with Gasteiger partial charge in [0.15, 0.2) is 0 Å². The van der Waals surface area contributed by atoms with Crippen molar-refractivity contribution in [2.24, 2.45) is 0 Å². The summed E-state index contributed by atoms with van der Waals surface area (Å²) in [7, 11) is 1.91. The van der Waals surface area contributed by atoms with Gasteiger partial charge < -0.3 is 24.2 Å². The van der Waals surface area contributed by atoms with Gasteiger partial charge in [0, 0.05) is 51.6 Å². The Kier molecular flexibility index (Phi) is 7.14. The highest BCUT2D eigenvalue weighted by Gasteiger charge is 2.27. The highest BCUT2D eigenvalue weighted by Crippen LogP contribution is 2.24. The Bertz CT molecular complexity index is 1530. The normalized spacial score (nSPS) is 17.5. The molecule has 4 aromatic rings. The minimum atomic E-state index is -0.959. The number of imidazole rings is 1. The van der Waals surface area contributed by atoms with Crippen LogP contribution in [0.25, 0.3) is 11.0 Å². The van der Waals surface area contributed by atoms with E-state index in [1.54, 1.807) is 24.3 Å². The number of piperazine rings is 1. The second-order valence-corrected chi connectivity index (χ2v) is 10.2. The fraction of sp³-hybridized carbons (Fsp3) is 0.345. The third-order valence-electron chi connectivity index (χ3n) is 7.64. The summed E-state index contributed by atoms with van der Waals surface area (Å²) in [6.45, 7) is 4.52. The Morgan fingerprint density at radius 2 is 1.82 bits per heavy atom. The molecule has 40 heavy (non-hydrogen) atoms. The molecule has 206 valence electrons. The molecule has 2 aromatic heterocycles. The van der Waals surface area contributed by atoms with Crippen LogP contribution in [0.3, 0.4) is 0 Å². The third kappa shape index (κ3) is 5.25. The molecule has 1 amide bonds. The van der Waals surface area contributed by atoms with Crippen LogP contribution in [0.4, 0.5) is 11.5 Å². The largest absolute Gasteiger partial charge is 0.478 e. The molecule has 1 atom stereocenters.